The Morgan fingerprint density at radius 2 is 2.05 bits per heavy atom. The summed E-state index contributed by atoms with van der Waals surface area (Å²) in [5.74, 6) is -0.250. The second-order valence-electron chi connectivity index (χ2n) is 5.00. The molecule has 1 saturated carbocycles. The molecule has 2 rings (SSSR count). The lowest BCUT2D eigenvalue weighted by Crippen LogP contribution is -2.51. The summed E-state index contributed by atoms with van der Waals surface area (Å²) in [7, 11) is -2.16. The van der Waals surface area contributed by atoms with Crippen molar-refractivity contribution in [2.45, 2.75) is 36.1 Å². The fraction of sp³-hybridized carbons (Fsp3) is 0.583. The van der Waals surface area contributed by atoms with E-state index in [1.807, 2.05) is 0 Å². The quantitative estimate of drug-likeness (QED) is 0.737. The van der Waals surface area contributed by atoms with Crippen LogP contribution in [0, 0.1) is 0 Å². The van der Waals surface area contributed by atoms with Gasteiger partial charge in [-0.15, -0.1) is 23.7 Å². The fourth-order valence-corrected chi connectivity index (χ4v) is 4.33. The molecule has 1 heterocycles. The van der Waals surface area contributed by atoms with E-state index in [1.165, 1.54) is 18.5 Å². The predicted molar refractivity (Wildman–Crippen MR) is 85.5 cm³/mol. The van der Waals surface area contributed by atoms with Gasteiger partial charge in [0.05, 0.1) is 15.3 Å². The standard InChI is InChI=1S/C12H19N3O3S2.ClH/c1-14-20(17,18)9-6-10(19-7-9)11(16)15-12(8-13)4-2-3-5-12;/h6-7,14H,2-5,8,13H2,1H3,(H,15,16);1H. The third kappa shape index (κ3) is 3.95. The summed E-state index contributed by atoms with van der Waals surface area (Å²) in [6, 6.07) is 1.39. The Morgan fingerprint density at radius 3 is 2.57 bits per heavy atom. The number of nitrogens with one attached hydrogen (secondary N) is 2. The molecular weight excluding hydrogens is 334 g/mol. The number of carbonyl (C=O) groups is 1. The first kappa shape index (κ1) is 18.4. The minimum absolute atomic E-state index is 0. The van der Waals surface area contributed by atoms with E-state index in [2.05, 4.69) is 10.0 Å². The predicted octanol–water partition coefficient (Wildman–Crippen LogP) is 1.08. The van der Waals surface area contributed by atoms with Gasteiger partial charge in [0, 0.05) is 11.9 Å². The Bertz CT molecular complexity index is 595. The third-order valence-electron chi connectivity index (χ3n) is 3.71. The number of rotatable bonds is 5. The molecule has 1 aromatic rings. The van der Waals surface area contributed by atoms with Crippen molar-refractivity contribution in [2.75, 3.05) is 13.6 Å². The fourth-order valence-electron chi connectivity index (χ4n) is 2.43. The highest BCUT2D eigenvalue weighted by molar-refractivity contribution is 7.89. The van der Waals surface area contributed by atoms with Crippen LogP contribution in [0.25, 0.3) is 0 Å². The Hall–Kier alpha value is -0.670. The van der Waals surface area contributed by atoms with Gasteiger partial charge >= 0.3 is 0 Å². The molecule has 1 aliphatic rings. The highest BCUT2D eigenvalue weighted by atomic mass is 35.5. The van der Waals surface area contributed by atoms with Gasteiger partial charge in [-0.25, -0.2) is 13.1 Å². The van der Waals surface area contributed by atoms with E-state index < -0.39 is 10.0 Å². The second-order valence-corrected chi connectivity index (χ2v) is 7.80. The first-order valence-corrected chi connectivity index (χ1v) is 8.83. The zero-order chi connectivity index (χ0) is 14.8. The van der Waals surface area contributed by atoms with Gasteiger partial charge < -0.3 is 11.1 Å². The van der Waals surface area contributed by atoms with Gasteiger partial charge in [-0.1, -0.05) is 12.8 Å². The number of amides is 1. The maximum atomic E-state index is 12.2. The summed E-state index contributed by atoms with van der Waals surface area (Å²) < 4.78 is 25.5. The summed E-state index contributed by atoms with van der Waals surface area (Å²) in [5.41, 5.74) is 5.44. The molecule has 4 N–H and O–H groups in total. The number of thiophene rings is 1. The van der Waals surface area contributed by atoms with Gasteiger partial charge in [-0.2, -0.15) is 0 Å². The molecule has 9 heteroatoms. The Kier molecular flexibility index (Phi) is 6.18. The van der Waals surface area contributed by atoms with E-state index in [9.17, 15) is 13.2 Å². The van der Waals surface area contributed by atoms with Crippen molar-refractivity contribution in [3.05, 3.63) is 16.3 Å². The van der Waals surface area contributed by atoms with E-state index >= 15 is 0 Å². The van der Waals surface area contributed by atoms with E-state index in [1.54, 1.807) is 0 Å². The van der Waals surface area contributed by atoms with Crippen LogP contribution in [0.5, 0.6) is 0 Å². The molecule has 6 nitrogen and oxygen atoms in total. The van der Waals surface area contributed by atoms with Crippen molar-refractivity contribution < 1.29 is 13.2 Å². The maximum absolute atomic E-state index is 12.2. The zero-order valence-electron chi connectivity index (χ0n) is 11.7. The average molecular weight is 354 g/mol. The summed E-state index contributed by atoms with van der Waals surface area (Å²) >= 11 is 1.12. The Labute approximate surface area is 135 Å². The van der Waals surface area contributed by atoms with Crippen LogP contribution in [0.3, 0.4) is 0 Å². The number of halogens is 1. The molecule has 0 radical (unpaired) electrons. The lowest BCUT2D eigenvalue weighted by Gasteiger charge is -2.28. The lowest BCUT2D eigenvalue weighted by atomic mass is 9.98. The molecule has 21 heavy (non-hydrogen) atoms. The van der Waals surface area contributed by atoms with Crippen molar-refractivity contribution >= 4 is 39.7 Å². The van der Waals surface area contributed by atoms with Gasteiger partial charge in [0.2, 0.25) is 10.0 Å². The SMILES string of the molecule is CNS(=O)(=O)c1csc(C(=O)NC2(CN)CCCC2)c1.Cl. The molecule has 0 aromatic carbocycles. The largest absolute Gasteiger partial charge is 0.345 e. The normalized spacial score (nSPS) is 17.2. The zero-order valence-corrected chi connectivity index (χ0v) is 14.2. The second kappa shape index (κ2) is 7.06. The van der Waals surface area contributed by atoms with Crippen LogP contribution in [-0.4, -0.2) is 33.5 Å². The highest BCUT2D eigenvalue weighted by Gasteiger charge is 2.34. The van der Waals surface area contributed by atoms with Gasteiger partial charge in [0.15, 0.2) is 0 Å². The average Bonchev–Trinajstić information content (AvgIpc) is 3.08. The number of nitrogens with two attached hydrogens (primary N) is 1. The first-order chi connectivity index (χ1) is 9.42. The van der Waals surface area contributed by atoms with E-state index in [-0.39, 0.29) is 28.7 Å². The minimum Gasteiger partial charge on any atom is -0.345 e. The van der Waals surface area contributed by atoms with Crippen LogP contribution in [0.2, 0.25) is 0 Å². The van der Waals surface area contributed by atoms with Gasteiger partial charge in [-0.05, 0) is 26.0 Å². The summed E-state index contributed by atoms with van der Waals surface area (Å²) in [6.07, 6.45) is 3.87. The van der Waals surface area contributed by atoms with Crippen molar-refractivity contribution in [2.24, 2.45) is 5.73 Å². The third-order valence-corrected chi connectivity index (χ3v) is 6.18. The maximum Gasteiger partial charge on any atom is 0.261 e. The first-order valence-electron chi connectivity index (χ1n) is 6.47. The number of hydrogen-bond acceptors (Lipinski definition) is 5. The van der Waals surface area contributed by atoms with Crippen LogP contribution >= 0.6 is 23.7 Å². The van der Waals surface area contributed by atoms with Crippen LogP contribution in [0.1, 0.15) is 35.4 Å². The monoisotopic (exact) mass is 353 g/mol. The molecule has 0 bridgehead atoms. The van der Waals surface area contributed by atoms with Crippen molar-refractivity contribution in [1.29, 1.82) is 0 Å². The van der Waals surface area contributed by atoms with E-state index in [0.29, 0.717) is 11.4 Å². The molecule has 0 spiro atoms. The van der Waals surface area contributed by atoms with Gasteiger partial charge in [-0.3, -0.25) is 4.79 Å². The van der Waals surface area contributed by atoms with Crippen molar-refractivity contribution in [1.82, 2.24) is 10.0 Å². The molecule has 0 unspecified atom stereocenters. The van der Waals surface area contributed by atoms with Crippen molar-refractivity contribution in [3.63, 3.8) is 0 Å². The van der Waals surface area contributed by atoms with Gasteiger partial charge in [0.25, 0.3) is 5.91 Å². The molecule has 1 fully saturated rings. The van der Waals surface area contributed by atoms with Crippen LogP contribution in [0.15, 0.2) is 16.3 Å². The molecule has 1 aliphatic carbocycles. The molecule has 0 saturated heterocycles. The van der Waals surface area contributed by atoms with E-state index in [0.717, 1.165) is 37.0 Å². The summed E-state index contributed by atoms with van der Waals surface area (Å²) in [4.78, 5) is 12.7. The number of sulfonamides is 1. The molecule has 1 aromatic heterocycles. The summed E-state index contributed by atoms with van der Waals surface area (Å²) in [6.45, 7) is 0.409. The number of hydrogen-bond donors (Lipinski definition) is 3. The molecule has 1 amide bonds. The molecular formula is C12H20ClN3O3S2. The molecule has 0 atom stereocenters. The minimum atomic E-state index is -3.50. The summed E-state index contributed by atoms with van der Waals surface area (Å²) in [5, 5.41) is 4.44. The Morgan fingerprint density at radius 1 is 1.43 bits per heavy atom. The van der Waals surface area contributed by atoms with Crippen LogP contribution < -0.4 is 15.8 Å². The van der Waals surface area contributed by atoms with Gasteiger partial charge in [0.1, 0.15) is 0 Å². The topological polar surface area (TPSA) is 101 Å². The molecule has 120 valence electrons. The van der Waals surface area contributed by atoms with Crippen molar-refractivity contribution in [3.8, 4) is 0 Å². The Balaban J connectivity index is 0.00000220. The lowest BCUT2D eigenvalue weighted by molar-refractivity contribution is 0.0907. The van der Waals surface area contributed by atoms with Crippen LogP contribution in [-0.2, 0) is 10.0 Å². The van der Waals surface area contributed by atoms with Crippen LogP contribution in [0.4, 0.5) is 0 Å². The highest BCUT2D eigenvalue weighted by Crippen LogP contribution is 2.29. The number of carbonyl (C=O) groups excluding carboxylic acids is 1. The smallest absolute Gasteiger partial charge is 0.261 e. The molecule has 0 aliphatic heterocycles. The van der Waals surface area contributed by atoms with E-state index in [4.69, 9.17) is 5.73 Å².